The Bertz CT molecular complexity index is 843. The second-order valence-corrected chi connectivity index (χ2v) is 7.89. The van der Waals surface area contributed by atoms with E-state index in [0.29, 0.717) is 38.5 Å². The molecule has 0 radical (unpaired) electrons. The predicted octanol–water partition coefficient (Wildman–Crippen LogP) is 3.49. The molecule has 2 heterocycles. The Morgan fingerprint density at radius 3 is 2.80 bits per heavy atom. The third-order valence-corrected chi connectivity index (χ3v) is 5.92. The standard InChI is InChI=1S/C24H29FN2O3/c25-19-5-8-21(9-6-19)29-16-14-26-13-11-20-7-10-24(28)27(20)17-23-22-4-2-1-3-18(22)12-15-30-23/h1-6,8-9,20,23,26H,7,10-17H2/t20-,23+/m1/s1. The van der Waals surface area contributed by atoms with Crippen LogP contribution in [-0.2, 0) is 16.0 Å². The summed E-state index contributed by atoms with van der Waals surface area (Å²) in [6.07, 6.45) is 3.34. The Morgan fingerprint density at radius 2 is 1.93 bits per heavy atom. The minimum atomic E-state index is -0.266. The second-order valence-electron chi connectivity index (χ2n) is 7.89. The number of ether oxygens (including phenoxy) is 2. The van der Waals surface area contributed by atoms with Crippen molar-refractivity contribution in [2.45, 2.75) is 37.8 Å². The molecule has 30 heavy (non-hydrogen) atoms. The van der Waals surface area contributed by atoms with Crippen LogP contribution in [0.2, 0.25) is 0 Å². The lowest BCUT2D eigenvalue weighted by atomic mass is 9.97. The highest BCUT2D eigenvalue weighted by molar-refractivity contribution is 5.78. The van der Waals surface area contributed by atoms with Gasteiger partial charge >= 0.3 is 0 Å². The Morgan fingerprint density at radius 1 is 1.10 bits per heavy atom. The van der Waals surface area contributed by atoms with Gasteiger partial charge in [0.05, 0.1) is 13.2 Å². The van der Waals surface area contributed by atoms with Crippen LogP contribution in [0.4, 0.5) is 4.39 Å². The van der Waals surface area contributed by atoms with Crippen LogP contribution in [0.3, 0.4) is 0 Å². The molecule has 160 valence electrons. The van der Waals surface area contributed by atoms with Gasteiger partial charge in [-0.2, -0.15) is 0 Å². The Balaban J connectivity index is 1.21. The van der Waals surface area contributed by atoms with E-state index in [0.717, 1.165) is 25.8 Å². The van der Waals surface area contributed by atoms with Gasteiger partial charge < -0.3 is 19.7 Å². The molecule has 1 fully saturated rings. The lowest BCUT2D eigenvalue weighted by Crippen LogP contribution is -2.39. The smallest absolute Gasteiger partial charge is 0.222 e. The molecule has 0 spiro atoms. The van der Waals surface area contributed by atoms with Crippen molar-refractivity contribution in [1.82, 2.24) is 10.2 Å². The molecule has 1 amide bonds. The van der Waals surface area contributed by atoms with Gasteiger partial charge in [-0.15, -0.1) is 0 Å². The number of amides is 1. The maximum atomic E-state index is 12.9. The molecule has 0 aromatic heterocycles. The SMILES string of the molecule is O=C1CC[C@H](CCNCCOc2ccc(F)cc2)N1C[C@@H]1OCCc2ccccc21. The summed E-state index contributed by atoms with van der Waals surface area (Å²) < 4.78 is 24.5. The topological polar surface area (TPSA) is 50.8 Å². The summed E-state index contributed by atoms with van der Waals surface area (Å²) in [5.74, 6) is 0.628. The lowest BCUT2D eigenvalue weighted by molar-refractivity contribution is -0.131. The lowest BCUT2D eigenvalue weighted by Gasteiger charge is -2.32. The van der Waals surface area contributed by atoms with Crippen LogP contribution < -0.4 is 10.1 Å². The molecule has 2 aliphatic rings. The highest BCUT2D eigenvalue weighted by Crippen LogP contribution is 2.31. The largest absolute Gasteiger partial charge is 0.492 e. The maximum Gasteiger partial charge on any atom is 0.222 e. The molecule has 2 atom stereocenters. The van der Waals surface area contributed by atoms with E-state index in [1.54, 1.807) is 12.1 Å². The molecule has 2 aliphatic heterocycles. The second kappa shape index (κ2) is 10.0. The Hall–Kier alpha value is -2.44. The van der Waals surface area contributed by atoms with Crippen molar-refractivity contribution in [2.75, 3.05) is 32.8 Å². The monoisotopic (exact) mass is 412 g/mol. The number of carbonyl (C=O) groups excluding carboxylic acids is 1. The van der Waals surface area contributed by atoms with Crippen LogP contribution in [0, 0.1) is 5.82 Å². The molecule has 5 nitrogen and oxygen atoms in total. The normalized spacial score (nSPS) is 21.0. The molecule has 1 N–H and O–H groups in total. The maximum absolute atomic E-state index is 12.9. The van der Waals surface area contributed by atoms with Crippen LogP contribution in [0.25, 0.3) is 0 Å². The fraction of sp³-hybridized carbons (Fsp3) is 0.458. The number of nitrogens with zero attached hydrogens (tertiary/aromatic N) is 1. The van der Waals surface area contributed by atoms with Gasteiger partial charge in [0.1, 0.15) is 24.3 Å². The summed E-state index contributed by atoms with van der Waals surface area (Å²) in [4.78, 5) is 14.5. The molecule has 0 unspecified atom stereocenters. The van der Waals surface area contributed by atoms with Crippen molar-refractivity contribution in [3.8, 4) is 5.75 Å². The molecule has 2 aromatic carbocycles. The number of likely N-dealkylation sites (tertiary alicyclic amines) is 1. The van der Waals surface area contributed by atoms with Gasteiger partial charge in [0, 0.05) is 19.0 Å². The first kappa shape index (κ1) is 20.8. The van der Waals surface area contributed by atoms with Gasteiger partial charge in [-0.3, -0.25) is 4.79 Å². The number of halogens is 1. The number of hydrogen-bond donors (Lipinski definition) is 1. The van der Waals surface area contributed by atoms with Crippen molar-refractivity contribution >= 4 is 5.91 Å². The van der Waals surface area contributed by atoms with E-state index in [2.05, 4.69) is 23.5 Å². The first-order chi connectivity index (χ1) is 14.7. The van der Waals surface area contributed by atoms with Crippen molar-refractivity contribution in [3.05, 3.63) is 65.5 Å². The fourth-order valence-corrected chi connectivity index (χ4v) is 4.32. The first-order valence-electron chi connectivity index (χ1n) is 10.8. The van der Waals surface area contributed by atoms with Crippen molar-refractivity contribution < 1.29 is 18.7 Å². The van der Waals surface area contributed by atoms with Crippen LogP contribution >= 0.6 is 0 Å². The van der Waals surface area contributed by atoms with E-state index in [9.17, 15) is 9.18 Å². The average Bonchev–Trinajstić information content (AvgIpc) is 3.11. The van der Waals surface area contributed by atoms with Gasteiger partial charge in [-0.1, -0.05) is 24.3 Å². The molecule has 0 saturated carbocycles. The molecule has 4 rings (SSSR count). The zero-order chi connectivity index (χ0) is 20.8. The number of rotatable bonds is 9. The van der Waals surface area contributed by atoms with Crippen LogP contribution in [0.5, 0.6) is 5.75 Å². The van der Waals surface area contributed by atoms with E-state index in [-0.39, 0.29) is 23.9 Å². The Kier molecular flexibility index (Phi) is 6.97. The van der Waals surface area contributed by atoms with Crippen LogP contribution in [0.1, 0.15) is 36.5 Å². The molecule has 1 saturated heterocycles. The summed E-state index contributed by atoms with van der Waals surface area (Å²) in [7, 11) is 0. The summed E-state index contributed by atoms with van der Waals surface area (Å²) in [5.41, 5.74) is 2.55. The Labute approximate surface area is 177 Å². The molecular weight excluding hydrogens is 383 g/mol. The molecule has 0 bridgehead atoms. The summed E-state index contributed by atoms with van der Waals surface area (Å²) in [6.45, 7) is 3.39. The van der Waals surface area contributed by atoms with E-state index in [4.69, 9.17) is 9.47 Å². The minimum Gasteiger partial charge on any atom is -0.492 e. The number of fused-ring (bicyclic) bond motifs is 1. The highest BCUT2D eigenvalue weighted by atomic mass is 19.1. The van der Waals surface area contributed by atoms with Crippen molar-refractivity contribution in [2.24, 2.45) is 0 Å². The van der Waals surface area contributed by atoms with E-state index < -0.39 is 0 Å². The quantitative estimate of drug-likeness (QED) is 0.641. The number of hydrogen-bond acceptors (Lipinski definition) is 4. The third-order valence-electron chi connectivity index (χ3n) is 5.92. The van der Waals surface area contributed by atoms with E-state index in [1.165, 1.54) is 23.3 Å². The van der Waals surface area contributed by atoms with Crippen LogP contribution in [0.15, 0.2) is 48.5 Å². The molecule has 2 aromatic rings. The summed E-state index contributed by atoms with van der Waals surface area (Å²) in [5, 5.41) is 3.38. The fourth-order valence-electron chi connectivity index (χ4n) is 4.32. The van der Waals surface area contributed by atoms with Crippen molar-refractivity contribution in [1.29, 1.82) is 0 Å². The van der Waals surface area contributed by atoms with Gasteiger partial charge in [-0.05, 0) is 61.2 Å². The zero-order valence-electron chi connectivity index (χ0n) is 17.2. The highest BCUT2D eigenvalue weighted by Gasteiger charge is 2.34. The van der Waals surface area contributed by atoms with E-state index in [1.807, 2.05) is 11.0 Å². The molecule has 0 aliphatic carbocycles. The minimum absolute atomic E-state index is 0.0310. The predicted molar refractivity (Wildman–Crippen MR) is 113 cm³/mol. The van der Waals surface area contributed by atoms with Gasteiger partial charge in [0.15, 0.2) is 0 Å². The van der Waals surface area contributed by atoms with Crippen molar-refractivity contribution in [3.63, 3.8) is 0 Å². The summed E-state index contributed by atoms with van der Waals surface area (Å²) in [6, 6.07) is 14.7. The first-order valence-corrected chi connectivity index (χ1v) is 10.8. The number of benzene rings is 2. The average molecular weight is 413 g/mol. The zero-order valence-corrected chi connectivity index (χ0v) is 17.2. The van der Waals surface area contributed by atoms with E-state index >= 15 is 0 Å². The third kappa shape index (κ3) is 5.18. The van der Waals surface area contributed by atoms with Crippen LogP contribution in [-0.4, -0.2) is 49.7 Å². The molecular formula is C24H29FN2O3. The number of carbonyl (C=O) groups is 1. The van der Waals surface area contributed by atoms with Gasteiger partial charge in [0.2, 0.25) is 5.91 Å². The number of nitrogens with one attached hydrogen (secondary N) is 1. The van der Waals surface area contributed by atoms with Gasteiger partial charge in [-0.25, -0.2) is 4.39 Å². The summed E-state index contributed by atoms with van der Waals surface area (Å²) >= 11 is 0. The molecule has 6 heteroatoms. The van der Waals surface area contributed by atoms with Gasteiger partial charge in [0.25, 0.3) is 0 Å².